The van der Waals surface area contributed by atoms with Gasteiger partial charge in [0.15, 0.2) is 23.2 Å². The molecule has 8 nitrogen and oxygen atoms in total. The molecule has 182 valence electrons. The van der Waals surface area contributed by atoms with Gasteiger partial charge in [0.2, 0.25) is 5.91 Å². The highest BCUT2D eigenvalue weighted by Gasteiger charge is 2.32. The molecule has 34 heavy (non-hydrogen) atoms. The molecule has 3 aliphatic rings. The number of nitrogens with zero attached hydrogens (tertiary/aromatic N) is 4. The smallest absolute Gasteiger partial charge is 0.219 e. The van der Waals surface area contributed by atoms with Crippen molar-refractivity contribution in [3.05, 3.63) is 41.2 Å². The fraction of sp³-hybridized carbons (Fsp3) is 0.542. The first-order chi connectivity index (χ1) is 16.4. The van der Waals surface area contributed by atoms with E-state index in [2.05, 4.69) is 10.2 Å². The van der Waals surface area contributed by atoms with Gasteiger partial charge in [0, 0.05) is 57.9 Å². The Hall–Kier alpha value is -3.01. The summed E-state index contributed by atoms with van der Waals surface area (Å²) in [5, 5.41) is 13.1. The Morgan fingerprint density at radius 3 is 2.59 bits per heavy atom. The summed E-state index contributed by atoms with van der Waals surface area (Å²) in [5.74, 6) is 0.197. The number of anilines is 2. The summed E-state index contributed by atoms with van der Waals surface area (Å²) in [5.41, 5.74) is 1.70. The van der Waals surface area contributed by atoms with Crippen molar-refractivity contribution in [2.75, 3.05) is 29.9 Å². The van der Waals surface area contributed by atoms with Gasteiger partial charge < -0.3 is 25.0 Å². The van der Waals surface area contributed by atoms with Crippen LogP contribution in [0.1, 0.15) is 44.0 Å². The SMILES string of the molecule is CC(=O)N1CCc2nc(N3CCC(Oc4ccc(F)cc4F)CC3)c(N[C@H]3C[C@H](O)C3)nc2C1. The molecule has 1 saturated carbocycles. The summed E-state index contributed by atoms with van der Waals surface area (Å²) in [4.78, 5) is 25.6. The molecule has 0 atom stereocenters. The van der Waals surface area contributed by atoms with Crippen LogP contribution in [0.2, 0.25) is 0 Å². The molecular weight excluding hydrogens is 444 g/mol. The van der Waals surface area contributed by atoms with E-state index >= 15 is 0 Å². The van der Waals surface area contributed by atoms with Crippen LogP contribution in [0.15, 0.2) is 18.2 Å². The van der Waals surface area contributed by atoms with E-state index in [1.54, 1.807) is 11.8 Å². The third-order valence-corrected chi connectivity index (χ3v) is 6.82. The number of benzene rings is 1. The lowest BCUT2D eigenvalue weighted by atomic mass is 9.89. The largest absolute Gasteiger partial charge is 0.487 e. The van der Waals surface area contributed by atoms with Crippen molar-refractivity contribution in [1.29, 1.82) is 0 Å². The number of aliphatic hydroxyl groups excluding tert-OH is 1. The number of amides is 1. The predicted octanol–water partition coefficient (Wildman–Crippen LogP) is 2.64. The van der Waals surface area contributed by atoms with Gasteiger partial charge in [0.05, 0.1) is 24.0 Å². The van der Waals surface area contributed by atoms with Crippen molar-refractivity contribution in [2.24, 2.45) is 0 Å². The Morgan fingerprint density at radius 2 is 1.91 bits per heavy atom. The Labute approximate surface area is 196 Å². The van der Waals surface area contributed by atoms with Gasteiger partial charge in [-0.1, -0.05) is 0 Å². The summed E-state index contributed by atoms with van der Waals surface area (Å²) in [6.07, 6.45) is 2.84. The molecule has 2 aromatic rings. The third-order valence-electron chi connectivity index (χ3n) is 6.82. The molecule has 0 radical (unpaired) electrons. The monoisotopic (exact) mass is 473 g/mol. The summed E-state index contributed by atoms with van der Waals surface area (Å²) in [7, 11) is 0. The predicted molar refractivity (Wildman–Crippen MR) is 122 cm³/mol. The maximum absolute atomic E-state index is 14.0. The fourth-order valence-electron chi connectivity index (χ4n) is 4.74. The van der Waals surface area contributed by atoms with Crippen molar-refractivity contribution in [1.82, 2.24) is 14.9 Å². The van der Waals surface area contributed by atoms with Crippen LogP contribution in [-0.2, 0) is 17.8 Å². The van der Waals surface area contributed by atoms with E-state index in [1.165, 1.54) is 12.1 Å². The highest BCUT2D eigenvalue weighted by Crippen LogP contribution is 2.33. The Morgan fingerprint density at radius 1 is 1.15 bits per heavy atom. The maximum atomic E-state index is 14.0. The highest BCUT2D eigenvalue weighted by molar-refractivity contribution is 5.73. The Balaban J connectivity index is 1.31. The van der Waals surface area contributed by atoms with Gasteiger partial charge in [0.25, 0.3) is 0 Å². The number of halogens is 2. The minimum absolute atomic E-state index is 0.0211. The molecule has 2 fully saturated rings. The quantitative estimate of drug-likeness (QED) is 0.690. The van der Waals surface area contributed by atoms with Crippen molar-refractivity contribution in [3.8, 4) is 5.75 Å². The lowest BCUT2D eigenvalue weighted by Crippen LogP contribution is -2.42. The normalized spacial score (nSPS) is 22.7. The van der Waals surface area contributed by atoms with Gasteiger partial charge in [-0.3, -0.25) is 4.79 Å². The number of fused-ring (bicyclic) bond motifs is 1. The van der Waals surface area contributed by atoms with E-state index in [1.807, 2.05) is 0 Å². The number of hydrogen-bond acceptors (Lipinski definition) is 7. The Bertz CT molecular complexity index is 1070. The van der Waals surface area contributed by atoms with E-state index in [0.29, 0.717) is 64.1 Å². The molecule has 1 aliphatic carbocycles. The number of nitrogens with one attached hydrogen (secondary N) is 1. The average molecular weight is 474 g/mol. The number of hydrogen-bond donors (Lipinski definition) is 2. The van der Waals surface area contributed by atoms with Gasteiger partial charge >= 0.3 is 0 Å². The molecular formula is C24H29F2N5O3. The van der Waals surface area contributed by atoms with E-state index in [4.69, 9.17) is 14.7 Å². The number of rotatable bonds is 5. The van der Waals surface area contributed by atoms with Crippen LogP contribution in [-0.4, -0.2) is 63.8 Å². The minimum atomic E-state index is -0.697. The number of piperidine rings is 1. The molecule has 2 N–H and O–H groups in total. The molecule has 0 spiro atoms. The topological polar surface area (TPSA) is 90.8 Å². The van der Waals surface area contributed by atoms with Crippen LogP contribution in [0, 0.1) is 11.6 Å². The van der Waals surface area contributed by atoms with Gasteiger partial charge in [-0.05, 0) is 25.0 Å². The van der Waals surface area contributed by atoms with Gasteiger partial charge in [-0.2, -0.15) is 0 Å². The van der Waals surface area contributed by atoms with E-state index in [0.717, 1.165) is 23.3 Å². The molecule has 10 heteroatoms. The van der Waals surface area contributed by atoms with E-state index in [9.17, 15) is 18.7 Å². The second-order valence-corrected chi connectivity index (χ2v) is 9.33. The molecule has 0 unspecified atom stereocenters. The van der Waals surface area contributed by atoms with Crippen LogP contribution in [0.5, 0.6) is 5.75 Å². The zero-order valence-electron chi connectivity index (χ0n) is 19.1. The van der Waals surface area contributed by atoms with Crippen LogP contribution >= 0.6 is 0 Å². The first-order valence-corrected chi connectivity index (χ1v) is 11.8. The lowest BCUT2D eigenvalue weighted by molar-refractivity contribution is -0.129. The Kier molecular flexibility index (Phi) is 6.24. The summed E-state index contributed by atoms with van der Waals surface area (Å²) in [6, 6.07) is 3.48. The van der Waals surface area contributed by atoms with Gasteiger partial charge in [-0.25, -0.2) is 18.7 Å². The van der Waals surface area contributed by atoms with Crippen LogP contribution < -0.4 is 15.0 Å². The first kappa shape index (κ1) is 22.8. The van der Waals surface area contributed by atoms with Gasteiger partial charge in [0.1, 0.15) is 11.9 Å². The standard InChI is InChI=1S/C24H29F2N5O3/c1-14(32)31-9-6-20-21(13-31)28-23(27-16-11-17(33)12-16)24(29-20)30-7-4-18(5-8-30)34-22-3-2-15(25)10-19(22)26/h2-3,10,16-18,33H,4-9,11-13H2,1H3,(H,27,28)/t16-,17-. The molecule has 1 aromatic heterocycles. The first-order valence-electron chi connectivity index (χ1n) is 11.8. The van der Waals surface area contributed by atoms with Crippen molar-refractivity contribution >= 4 is 17.5 Å². The van der Waals surface area contributed by atoms with Crippen molar-refractivity contribution in [3.63, 3.8) is 0 Å². The zero-order chi connectivity index (χ0) is 23.8. The molecule has 5 rings (SSSR count). The molecule has 1 aromatic carbocycles. The number of ether oxygens (including phenoxy) is 1. The van der Waals surface area contributed by atoms with E-state index in [-0.39, 0.29) is 29.9 Å². The summed E-state index contributed by atoms with van der Waals surface area (Å²) < 4.78 is 33.0. The summed E-state index contributed by atoms with van der Waals surface area (Å²) in [6.45, 7) is 3.94. The molecule has 0 bridgehead atoms. The minimum Gasteiger partial charge on any atom is -0.487 e. The van der Waals surface area contributed by atoms with Crippen LogP contribution in [0.25, 0.3) is 0 Å². The third kappa shape index (κ3) is 4.77. The van der Waals surface area contributed by atoms with Crippen molar-refractivity contribution < 1.29 is 23.4 Å². The second-order valence-electron chi connectivity index (χ2n) is 9.33. The average Bonchev–Trinajstić information content (AvgIpc) is 2.79. The number of aliphatic hydroxyl groups is 1. The second kappa shape index (κ2) is 9.32. The number of carbonyl (C=O) groups excluding carboxylic acids is 1. The number of aromatic nitrogens is 2. The van der Waals surface area contributed by atoms with E-state index < -0.39 is 11.6 Å². The fourth-order valence-corrected chi connectivity index (χ4v) is 4.74. The highest BCUT2D eigenvalue weighted by atomic mass is 19.1. The summed E-state index contributed by atoms with van der Waals surface area (Å²) >= 11 is 0. The lowest BCUT2D eigenvalue weighted by Gasteiger charge is -2.37. The molecule has 1 saturated heterocycles. The van der Waals surface area contributed by atoms with Crippen LogP contribution in [0.4, 0.5) is 20.4 Å². The molecule has 2 aliphatic heterocycles. The molecule has 3 heterocycles. The van der Waals surface area contributed by atoms with Crippen LogP contribution in [0.3, 0.4) is 0 Å². The number of carbonyl (C=O) groups is 1. The molecule has 1 amide bonds. The zero-order valence-corrected chi connectivity index (χ0v) is 19.1. The van der Waals surface area contributed by atoms with Gasteiger partial charge in [-0.15, -0.1) is 0 Å². The maximum Gasteiger partial charge on any atom is 0.219 e. The van der Waals surface area contributed by atoms with Crippen molar-refractivity contribution in [2.45, 2.75) is 63.8 Å².